The van der Waals surface area contributed by atoms with Gasteiger partial charge in [-0.05, 0) is 18.9 Å². The number of carboxylic acids is 1. The van der Waals surface area contributed by atoms with Crippen molar-refractivity contribution in [2.24, 2.45) is 11.8 Å². The van der Waals surface area contributed by atoms with Crippen LogP contribution in [0.5, 0.6) is 0 Å². The Labute approximate surface area is 114 Å². The van der Waals surface area contributed by atoms with E-state index in [2.05, 4.69) is 15.3 Å². The number of aromatic nitrogens is 2. The first-order valence-corrected chi connectivity index (χ1v) is 6.13. The number of aliphatic carboxylic acids is 1. The Bertz CT molecular complexity index is 533. The molecule has 6 nitrogen and oxygen atoms in total. The molecule has 0 saturated carbocycles. The van der Waals surface area contributed by atoms with Crippen LogP contribution in [-0.2, 0) is 9.59 Å². The second-order valence-corrected chi connectivity index (χ2v) is 4.57. The first-order chi connectivity index (χ1) is 9.08. The molecule has 1 aromatic heterocycles. The van der Waals surface area contributed by atoms with Gasteiger partial charge in [-0.25, -0.2) is 9.97 Å². The molecule has 0 aliphatic heterocycles. The molecule has 1 aliphatic rings. The summed E-state index contributed by atoms with van der Waals surface area (Å²) in [5, 5.41) is 11.8. The van der Waals surface area contributed by atoms with Crippen molar-refractivity contribution < 1.29 is 14.7 Å². The van der Waals surface area contributed by atoms with Gasteiger partial charge in [-0.3, -0.25) is 14.9 Å². The van der Waals surface area contributed by atoms with Gasteiger partial charge in [0.05, 0.1) is 11.8 Å². The number of carbonyl (C=O) groups excluding carboxylic acids is 1. The molecular weight excluding hydrogens is 270 g/mol. The lowest BCUT2D eigenvalue weighted by Crippen LogP contribution is -2.35. The first kappa shape index (κ1) is 13.5. The number of hydrogen-bond acceptors (Lipinski definition) is 4. The third-order valence-corrected chi connectivity index (χ3v) is 3.15. The second-order valence-electron chi connectivity index (χ2n) is 4.19. The normalized spacial score (nSPS) is 21.9. The molecule has 1 aliphatic carbocycles. The maximum Gasteiger partial charge on any atom is 0.307 e. The van der Waals surface area contributed by atoms with E-state index in [9.17, 15) is 9.59 Å². The van der Waals surface area contributed by atoms with E-state index in [1.54, 1.807) is 6.08 Å². The molecule has 19 heavy (non-hydrogen) atoms. The molecule has 100 valence electrons. The zero-order valence-corrected chi connectivity index (χ0v) is 10.7. The maximum atomic E-state index is 12.1. The van der Waals surface area contributed by atoms with Crippen LogP contribution in [0, 0.1) is 11.8 Å². The number of nitrogens with one attached hydrogen (secondary N) is 1. The summed E-state index contributed by atoms with van der Waals surface area (Å²) in [6.07, 6.45) is 5.74. The fourth-order valence-corrected chi connectivity index (χ4v) is 2.11. The van der Waals surface area contributed by atoms with Gasteiger partial charge in [-0.1, -0.05) is 23.8 Å². The van der Waals surface area contributed by atoms with Crippen LogP contribution in [0.4, 0.5) is 5.95 Å². The van der Waals surface area contributed by atoms with Crippen LogP contribution in [-0.4, -0.2) is 27.0 Å². The smallest absolute Gasteiger partial charge is 0.307 e. The van der Waals surface area contributed by atoms with Crippen LogP contribution in [0.15, 0.2) is 24.4 Å². The predicted molar refractivity (Wildman–Crippen MR) is 68.7 cm³/mol. The molecule has 0 aromatic carbocycles. The minimum absolute atomic E-state index is 0.0798. The first-order valence-electron chi connectivity index (χ1n) is 5.75. The van der Waals surface area contributed by atoms with Crippen molar-refractivity contribution in [1.82, 2.24) is 9.97 Å². The van der Waals surface area contributed by atoms with Gasteiger partial charge in [0.15, 0.2) is 0 Å². The molecular formula is C12H12ClN3O3. The highest BCUT2D eigenvalue weighted by Gasteiger charge is 2.34. The number of rotatable bonds is 3. The third-order valence-electron chi connectivity index (χ3n) is 2.94. The summed E-state index contributed by atoms with van der Waals surface area (Å²) in [5.74, 6) is -2.64. The summed E-state index contributed by atoms with van der Waals surface area (Å²) in [5.41, 5.74) is 0. The molecule has 0 fully saturated rings. The van der Waals surface area contributed by atoms with Gasteiger partial charge in [0.2, 0.25) is 11.9 Å². The van der Waals surface area contributed by atoms with E-state index in [4.69, 9.17) is 16.7 Å². The molecule has 2 rings (SSSR count). The number of nitrogens with zero attached hydrogens (tertiary/aromatic N) is 2. The van der Waals surface area contributed by atoms with Gasteiger partial charge in [-0.2, -0.15) is 0 Å². The average Bonchev–Trinajstić information content (AvgIpc) is 2.38. The number of amides is 1. The largest absolute Gasteiger partial charge is 0.481 e. The van der Waals surface area contributed by atoms with E-state index in [0.717, 1.165) is 0 Å². The summed E-state index contributed by atoms with van der Waals surface area (Å²) in [6, 6.07) is 1.49. The minimum atomic E-state index is -0.975. The Balaban J connectivity index is 2.10. The summed E-state index contributed by atoms with van der Waals surface area (Å²) in [6.45, 7) is 0. The molecule has 2 N–H and O–H groups in total. The predicted octanol–water partition coefficient (Wildman–Crippen LogP) is 1.74. The van der Waals surface area contributed by atoms with Crippen LogP contribution < -0.4 is 5.32 Å². The Hall–Kier alpha value is -1.95. The number of hydrogen-bond donors (Lipinski definition) is 2. The van der Waals surface area contributed by atoms with Gasteiger partial charge in [0.1, 0.15) is 5.15 Å². The summed E-state index contributed by atoms with van der Waals surface area (Å²) >= 11 is 5.69. The van der Waals surface area contributed by atoms with Gasteiger partial charge in [0.25, 0.3) is 0 Å². The monoisotopic (exact) mass is 281 g/mol. The molecule has 2 unspecified atom stereocenters. The van der Waals surface area contributed by atoms with E-state index < -0.39 is 23.7 Å². The summed E-state index contributed by atoms with van der Waals surface area (Å²) in [4.78, 5) is 30.9. The topological polar surface area (TPSA) is 92.2 Å². The molecule has 1 amide bonds. The molecule has 1 aromatic rings. The lowest BCUT2D eigenvalue weighted by Gasteiger charge is -2.23. The standard InChI is InChI=1S/C12H12ClN3O3/c13-9-5-6-14-12(15-9)16-10(17)7-3-1-2-4-8(7)11(18)19/h1-2,5-8H,3-4H2,(H,18,19)(H,14,15,16,17). The van der Waals surface area contributed by atoms with Crippen LogP contribution in [0.25, 0.3) is 0 Å². The quantitative estimate of drug-likeness (QED) is 0.650. The molecule has 7 heteroatoms. The lowest BCUT2D eigenvalue weighted by atomic mass is 9.82. The highest BCUT2D eigenvalue weighted by atomic mass is 35.5. The summed E-state index contributed by atoms with van der Waals surface area (Å²) < 4.78 is 0. The highest BCUT2D eigenvalue weighted by molar-refractivity contribution is 6.29. The Morgan fingerprint density at radius 2 is 2.00 bits per heavy atom. The fraction of sp³-hybridized carbons (Fsp3) is 0.333. The van der Waals surface area contributed by atoms with Crippen molar-refractivity contribution in [1.29, 1.82) is 0 Å². The average molecular weight is 282 g/mol. The fourth-order valence-electron chi connectivity index (χ4n) is 1.98. The molecule has 2 atom stereocenters. The molecule has 0 bridgehead atoms. The number of carboxylic acid groups (broad SMARTS) is 1. The van der Waals surface area contributed by atoms with Gasteiger partial charge >= 0.3 is 5.97 Å². The van der Waals surface area contributed by atoms with Crippen molar-refractivity contribution in [2.45, 2.75) is 12.8 Å². The Morgan fingerprint density at radius 1 is 1.32 bits per heavy atom. The highest BCUT2D eigenvalue weighted by Crippen LogP contribution is 2.26. The van der Waals surface area contributed by atoms with Gasteiger partial charge < -0.3 is 5.11 Å². The van der Waals surface area contributed by atoms with Crippen molar-refractivity contribution in [3.05, 3.63) is 29.6 Å². The lowest BCUT2D eigenvalue weighted by molar-refractivity contribution is -0.146. The molecule has 1 heterocycles. The zero-order chi connectivity index (χ0) is 13.8. The minimum Gasteiger partial charge on any atom is -0.481 e. The van der Waals surface area contributed by atoms with Crippen LogP contribution >= 0.6 is 11.6 Å². The van der Waals surface area contributed by atoms with E-state index in [0.29, 0.717) is 12.8 Å². The van der Waals surface area contributed by atoms with Crippen molar-refractivity contribution in [3.8, 4) is 0 Å². The SMILES string of the molecule is O=C(O)C1CC=CCC1C(=O)Nc1nccc(Cl)n1. The van der Waals surface area contributed by atoms with E-state index in [-0.39, 0.29) is 11.1 Å². The van der Waals surface area contributed by atoms with Gasteiger partial charge in [0, 0.05) is 6.20 Å². The van der Waals surface area contributed by atoms with Crippen LogP contribution in [0.1, 0.15) is 12.8 Å². The second kappa shape index (κ2) is 5.79. The molecule has 0 spiro atoms. The number of allylic oxidation sites excluding steroid dienone is 2. The van der Waals surface area contributed by atoms with Crippen molar-refractivity contribution >= 4 is 29.4 Å². The molecule has 0 saturated heterocycles. The number of anilines is 1. The van der Waals surface area contributed by atoms with Crippen molar-refractivity contribution in [2.75, 3.05) is 5.32 Å². The van der Waals surface area contributed by atoms with Crippen molar-refractivity contribution in [3.63, 3.8) is 0 Å². The maximum absolute atomic E-state index is 12.1. The van der Waals surface area contributed by atoms with E-state index in [1.165, 1.54) is 12.3 Å². The van der Waals surface area contributed by atoms with E-state index >= 15 is 0 Å². The Morgan fingerprint density at radius 3 is 2.63 bits per heavy atom. The third kappa shape index (κ3) is 3.29. The number of carbonyl (C=O) groups is 2. The van der Waals surface area contributed by atoms with Crippen LogP contribution in [0.2, 0.25) is 5.15 Å². The number of halogens is 1. The van der Waals surface area contributed by atoms with Gasteiger partial charge in [-0.15, -0.1) is 0 Å². The Kier molecular flexibility index (Phi) is 4.11. The van der Waals surface area contributed by atoms with Crippen LogP contribution in [0.3, 0.4) is 0 Å². The zero-order valence-electron chi connectivity index (χ0n) is 9.91. The molecule has 0 radical (unpaired) electrons. The summed E-state index contributed by atoms with van der Waals surface area (Å²) in [7, 11) is 0. The van der Waals surface area contributed by atoms with E-state index in [1.807, 2.05) is 6.08 Å².